The SMILES string of the molecule is Cc1nnsc1C(=O)Nc1nnc(SCC(=O)Nc2ccc(F)c(Cl)c2)s1. The average molecular weight is 445 g/mol. The second-order valence-corrected chi connectivity index (χ2v) is 8.34. The molecule has 0 saturated heterocycles. The summed E-state index contributed by atoms with van der Waals surface area (Å²) in [7, 11) is 0. The molecule has 0 aliphatic heterocycles. The van der Waals surface area contributed by atoms with Crippen molar-refractivity contribution < 1.29 is 14.0 Å². The lowest BCUT2D eigenvalue weighted by Crippen LogP contribution is -2.13. The third-order valence-corrected chi connectivity index (χ3v) is 6.10. The maximum absolute atomic E-state index is 13.1. The first-order valence-electron chi connectivity index (χ1n) is 7.24. The molecule has 0 aliphatic carbocycles. The highest BCUT2D eigenvalue weighted by Crippen LogP contribution is 2.26. The van der Waals surface area contributed by atoms with Crippen LogP contribution in [-0.4, -0.2) is 37.4 Å². The number of hydrogen-bond donors (Lipinski definition) is 2. The van der Waals surface area contributed by atoms with Crippen molar-refractivity contribution >= 4 is 68.9 Å². The molecule has 0 atom stereocenters. The fraction of sp³-hybridized carbons (Fsp3) is 0.143. The summed E-state index contributed by atoms with van der Waals surface area (Å²) in [5.74, 6) is -1.16. The number of aryl methyl sites for hydroxylation is 1. The van der Waals surface area contributed by atoms with Crippen molar-refractivity contribution in [3.05, 3.63) is 39.6 Å². The van der Waals surface area contributed by atoms with E-state index < -0.39 is 5.82 Å². The Morgan fingerprint density at radius 2 is 2.07 bits per heavy atom. The lowest BCUT2D eigenvalue weighted by Gasteiger charge is -2.04. The van der Waals surface area contributed by atoms with E-state index >= 15 is 0 Å². The zero-order chi connectivity index (χ0) is 19.4. The number of halogens is 2. The predicted octanol–water partition coefficient (Wildman–Crippen LogP) is 3.47. The van der Waals surface area contributed by atoms with E-state index in [2.05, 4.69) is 30.4 Å². The topological polar surface area (TPSA) is 110 Å². The number of aromatic nitrogens is 4. The largest absolute Gasteiger partial charge is 0.325 e. The zero-order valence-corrected chi connectivity index (χ0v) is 16.7. The Hall–Kier alpha value is -2.15. The smallest absolute Gasteiger partial charge is 0.271 e. The van der Waals surface area contributed by atoms with Gasteiger partial charge in [0.2, 0.25) is 11.0 Å². The third kappa shape index (κ3) is 5.19. The highest BCUT2D eigenvalue weighted by Gasteiger charge is 2.16. The van der Waals surface area contributed by atoms with Crippen molar-refractivity contribution in [2.45, 2.75) is 11.3 Å². The van der Waals surface area contributed by atoms with Crippen molar-refractivity contribution in [1.29, 1.82) is 0 Å². The van der Waals surface area contributed by atoms with Crippen molar-refractivity contribution in [3.8, 4) is 0 Å². The van der Waals surface area contributed by atoms with E-state index in [4.69, 9.17) is 11.6 Å². The van der Waals surface area contributed by atoms with Crippen LogP contribution < -0.4 is 10.6 Å². The molecule has 0 radical (unpaired) electrons. The van der Waals surface area contributed by atoms with Gasteiger partial charge in [0.05, 0.1) is 16.5 Å². The molecule has 2 amide bonds. The number of nitrogens with zero attached hydrogens (tertiary/aromatic N) is 4. The Bertz CT molecular complexity index is 995. The maximum atomic E-state index is 13.1. The maximum Gasteiger partial charge on any atom is 0.271 e. The molecule has 0 saturated carbocycles. The van der Waals surface area contributed by atoms with Crippen LogP contribution in [0, 0.1) is 12.7 Å². The summed E-state index contributed by atoms with van der Waals surface area (Å²) in [4.78, 5) is 24.4. The molecule has 0 unspecified atom stereocenters. The molecule has 13 heteroatoms. The molecular formula is C14H10ClFN6O2S3. The Labute approximate surface area is 169 Å². The van der Waals surface area contributed by atoms with Gasteiger partial charge < -0.3 is 5.32 Å². The van der Waals surface area contributed by atoms with Crippen LogP contribution in [0.3, 0.4) is 0 Å². The minimum atomic E-state index is -0.559. The number of rotatable bonds is 6. The Morgan fingerprint density at radius 1 is 1.26 bits per heavy atom. The van der Waals surface area contributed by atoms with E-state index in [0.29, 0.717) is 25.7 Å². The van der Waals surface area contributed by atoms with Crippen molar-refractivity contribution in [2.75, 3.05) is 16.4 Å². The van der Waals surface area contributed by atoms with Gasteiger partial charge in [0.1, 0.15) is 10.7 Å². The molecule has 0 fully saturated rings. The predicted molar refractivity (Wildman–Crippen MR) is 103 cm³/mol. The molecule has 3 rings (SSSR count). The molecule has 140 valence electrons. The van der Waals surface area contributed by atoms with E-state index in [1.807, 2.05) is 0 Å². The van der Waals surface area contributed by atoms with E-state index in [9.17, 15) is 14.0 Å². The quantitative estimate of drug-likeness (QED) is 0.442. The number of thioether (sulfide) groups is 1. The van der Waals surface area contributed by atoms with Crippen LogP contribution in [0.2, 0.25) is 5.02 Å². The summed E-state index contributed by atoms with van der Waals surface area (Å²) >= 11 is 8.96. The lowest BCUT2D eigenvalue weighted by atomic mass is 10.3. The monoisotopic (exact) mass is 444 g/mol. The molecule has 2 heterocycles. The van der Waals surface area contributed by atoms with Gasteiger partial charge in [0.25, 0.3) is 5.91 Å². The molecule has 0 bridgehead atoms. The molecule has 1 aromatic carbocycles. The molecular weight excluding hydrogens is 435 g/mol. The van der Waals surface area contributed by atoms with Gasteiger partial charge in [-0.3, -0.25) is 14.9 Å². The van der Waals surface area contributed by atoms with Crippen molar-refractivity contribution in [1.82, 2.24) is 19.8 Å². The highest BCUT2D eigenvalue weighted by molar-refractivity contribution is 8.01. The summed E-state index contributed by atoms with van der Waals surface area (Å²) in [5.41, 5.74) is 0.930. The van der Waals surface area contributed by atoms with Crippen LogP contribution >= 0.6 is 46.2 Å². The normalized spacial score (nSPS) is 10.6. The lowest BCUT2D eigenvalue weighted by molar-refractivity contribution is -0.113. The first-order valence-corrected chi connectivity index (χ1v) is 10.2. The molecule has 27 heavy (non-hydrogen) atoms. The zero-order valence-electron chi connectivity index (χ0n) is 13.5. The van der Waals surface area contributed by atoms with E-state index in [1.165, 1.54) is 18.2 Å². The van der Waals surface area contributed by atoms with Gasteiger partial charge in [0, 0.05) is 5.69 Å². The van der Waals surface area contributed by atoms with Crippen LogP contribution in [-0.2, 0) is 4.79 Å². The number of amides is 2. The number of carbonyl (C=O) groups excluding carboxylic acids is 2. The van der Waals surface area contributed by atoms with Gasteiger partial charge in [-0.15, -0.1) is 15.3 Å². The number of carbonyl (C=O) groups is 2. The summed E-state index contributed by atoms with van der Waals surface area (Å²) in [6.45, 7) is 1.69. The first-order chi connectivity index (χ1) is 12.9. The van der Waals surface area contributed by atoms with Gasteiger partial charge >= 0.3 is 0 Å². The molecule has 2 aromatic heterocycles. The number of hydrogen-bond acceptors (Lipinski definition) is 9. The van der Waals surface area contributed by atoms with Gasteiger partial charge in [0.15, 0.2) is 4.34 Å². The minimum Gasteiger partial charge on any atom is -0.325 e. The van der Waals surface area contributed by atoms with E-state index in [-0.39, 0.29) is 22.6 Å². The summed E-state index contributed by atoms with van der Waals surface area (Å²) < 4.78 is 17.3. The molecule has 3 aromatic rings. The average Bonchev–Trinajstić information content (AvgIpc) is 3.25. The summed E-state index contributed by atoms with van der Waals surface area (Å²) in [5, 5.41) is 17.0. The number of anilines is 2. The third-order valence-electron chi connectivity index (χ3n) is 3.01. The van der Waals surface area contributed by atoms with Crippen molar-refractivity contribution in [2.24, 2.45) is 0 Å². The number of benzene rings is 1. The second kappa shape index (κ2) is 8.69. The van der Waals surface area contributed by atoms with Gasteiger partial charge in [-0.1, -0.05) is 39.2 Å². The van der Waals surface area contributed by atoms with Crippen LogP contribution in [0.1, 0.15) is 15.4 Å². The van der Waals surface area contributed by atoms with E-state index in [1.54, 1.807) is 6.92 Å². The van der Waals surface area contributed by atoms with Crippen LogP contribution in [0.5, 0.6) is 0 Å². The summed E-state index contributed by atoms with van der Waals surface area (Å²) in [6.07, 6.45) is 0. The van der Waals surface area contributed by atoms with Gasteiger partial charge in [-0.2, -0.15) is 0 Å². The van der Waals surface area contributed by atoms with E-state index in [0.717, 1.165) is 34.6 Å². The van der Waals surface area contributed by atoms with Gasteiger partial charge in [-0.25, -0.2) is 4.39 Å². The second-order valence-electron chi connectivity index (χ2n) is 4.98. The Balaban J connectivity index is 1.51. The molecule has 2 N–H and O–H groups in total. The Kier molecular flexibility index (Phi) is 6.31. The summed E-state index contributed by atoms with van der Waals surface area (Å²) in [6, 6.07) is 3.91. The molecule has 8 nitrogen and oxygen atoms in total. The first kappa shape index (κ1) is 19.6. The van der Waals surface area contributed by atoms with Crippen molar-refractivity contribution in [3.63, 3.8) is 0 Å². The van der Waals surface area contributed by atoms with Crippen LogP contribution in [0.25, 0.3) is 0 Å². The number of nitrogens with one attached hydrogen (secondary N) is 2. The van der Waals surface area contributed by atoms with Crippen LogP contribution in [0.4, 0.5) is 15.2 Å². The minimum absolute atomic E-state index is 0.0649. The fourth-order valence-electron chi connectivity index (χ4n) is 1.81. The molecule has 0 spiro atoms. The fourth-order valence-corrected chi connectivity index (χ4v) is 4.09. The molecule has 0 aliphatic rings. The Morgan fingerprint density at radius 3 is 2.78 bits per heavy atom. The van der Waals surface area contributed by atoms with Gasteiger partial charge in [-0.05, 0) is 36.7 Å². The van der Waals surface area contributed by atoms with Crippen LogP contribution in [0.15, 0.2) is 22.5 Å². The highest BCUT2D eigenvalue weighted by atomic mass is 35.5. The standard InChI is InChI=1S/C14H10ClFN6O2S3/c1-6-11(27-22-19-6)12(24)18-13-20-21-14(26-13)25-5-10(23)17-7-2-3-9(16)8(15)4-7/h2-4H,5H2,1H3,(H,17,23)(H,18,20,24).